The van der Waals surface area contributed by atoms with Crippen LogP contribution in [0, 0.1) is 53.3 Å². The first-order valence-electron chi connectivity index (χ1n) is 29.6. The highest BCUT2D eigenvalue weighted by atomic mass is 16.7. The van der Waals surface area contributed by atoms with Gasteiger partial charge in [0.1, 0.15) is 24.4 Å². The van der Waals surface area contributed by atoms with Gasteiger partial charge in [-0.15, -0.1) is 0 Å². The zero-order chi connectivity index (χ0) is 55.9. The Bertz CT molecular complexity index is 2680. The van der Waals surface area contributed by atoms with Crippen molar-refractivity contribution in [3.63, 3.8) is 0 Å². The third kappa shape index (κ3) is 16.0. The van der Waals surface area contributed by atoms with Crippen molar-refractivity contribution in [2.45, 2.75) is 169 Å². The fourth-order valence-electron chi connectivity index (χ4n) is 14.1. The molecule has 0 radical (unpaired) electrons. The van der Waals surface area contributed by atoms with Crippen LogP contribution < -0.4 is 26.0 Å². The van der Waals surface area contributed by atoms with Crippen LogP contribution in [0.1, 0.15) is 147 Å². The van der Waals surface area contributed by atoms with E-state index in [2.05, 4.69) is 62.0 Å². The molecule has 4 N–H and O–H groups in total. The maximum absolute atomic E-state index is 14.2. The summed E-state index contributed by atoms with van der Waals surface area (Å²) in [5.41, 5.74) is 6.21. The maximum atomic E-state index is 14.2. The quantitative estimate of drug-likeness (QED) is 0.0221. The van der Waals surface area contributed by atoms with Gasteiger partial charge in [0, 0.05) is 44.5 Å². The molecular formula is C67H88N4O8. The molecule has 10 atom stereocenters. The second kappa shape index (κ2) is 27.7. The molecule has 4 aromatic rings. The highest BCUT2D eigenvalue weighted by molar-refractivity contribution is 5.99. The molecule has 4 aliphatic rings. The number of allylic oxidation sites excluding steroid dienone is 1. The van der Waals surface area contributed by atoms with Crippen molar-refractivity contribution >= 4 is 35.5 Å². The Morgan fingerprint density at radius 2 is 1.34 bits per heavy atom. The fourth-order valence-corrected chi connectivity index (χ4v) is 14.1. The normalized spacial score (nSPS) is 24.3. The topological polar surface area (TPSA) is 161 Å². The number of hydrogen-bond acceptors (Lipinski definition) is 8. The van der Waals surface area contributed by atoms with Gasteiger partial charge in [-0.1, -0.05) is 156 Å². The molecule has 0 spiro atoms. The summed E-state index contributed by atoms with van der Waals surface area (Å²) in [5, 5.41) is 11.7. The van der Waals surface area contributed by atoms with Gasteiger partial charge >= 0.3 is 6.16 Å². The van der Waals surface area contributed by atoms with E-state index in [4.69, 9.17) is 14.2 Å². The van der Waals surface area contributed by atoms with Gasteiger partial charge in [0.2, 0.25) is 23.6 Å². The minimum atomic E-state index is -1.03. The van der Waals surface area contributed by atoms with Gasteiger partial charge in [0.25, 0.3) is 0 Å². The van der Waals surface area contributed by atoms with Gasteiger partial charge in [0.05, 0.1) is 6.10 Å². The molecule has 4 amide bonds. The highest BCUT2D eigenvalue weighted by Gasteiger charge is 2.59. The lowest BCUT2D eigenvalue weighted by Crippen LogP contribution is -2.54. The standard InChI is InChI=1S/C67H88N4O8/c1-45(2)15-13-16-47(4)56-31-32-57-55-30-25-51-43-54(35-37-66(51,5)58(55)36-38-67(56,57)6)77-40-14-39-68-61(72)33-34-62(73)70-59(41-48-17-9-7-10-18-48)64(75)71-60(42-49-19-11-8-12-20-49)63(74)69-52-26-23-50(24-27-52)44-78-65(76)79-53-28-21-46(3)22-29-53/h7-12,17-29,45,47,54-60H,13-16,30-44H2,1-6H3,(H,68,72)(H,69,74)(H,70,73)(H,71,75)/t47-,54+,55?,56-,57+,58+,59+,60+,66+,67-/m1/s1. The van der Waals surface area contributed by atoms with E-state index in [9.17, 15) is 24.0 Å². The van der Waals surface area contributed by atoms with Gasteiger partial charge < -0.3 is 35.5 Å². The number of ether oxygens (including phenoxy) is 3. The van der Waals surface area contributed by atoms with Gasteiger partial charge in [-0.25, -0.2) is 4.79 Å². The Morgan fingerprint density at radius 3 is 2.03 bits per heavy atom. The van der Waals surface area contributed by atoms with Crippen LogP contribution in [0.4, 0.5) is 10.5 Å². The minimum absolute atomic E-state index is 0.0383. The van der Waals surface area contributed by atoms with Gasteiger partial charge in [-0.3, -0.25) is 19.2 Å². The average molecular weight is 1080 g/mol. The second-order valence-electron chi connectivity index (χ2n) is 24.4. The number of carbonyl (C=O) groups is 5. The van der Waals surface area contributed by atoms with Crippen LogP contribution >= 0.6 is 0 Å². The van der Waals surface area contributed by atoms with Crippen molar-refractivity contribution < 1.29 is 38.2 Å². The zero-order valence-electron chi connectivity index (χ0n) is 47.9. The Balaban J connectivity index is 0.777. The summed E-state index contributed by atoms with van der Waals surface area (Å²) in [4.78, 5) is 67.0. The molecule has 3 fully saturated rings. The van der Waals surface area contributed by atoms with Crippen LogP contribution in [-0.4, -0.2) is 61.1 Å². The van der Waals surface area contributed by atoms with Crippen molar-refractivity contribution in [1.82, 2.24) is 16.0 Å². The Kier molecular flexibility index (Phi) is 20.7. The van der Waals surface area contributed by atoms with E-state index < -0.39 is 36.0 Å². The molecule has 12 heteroatoms. The number of amides is 4. The van der Waals surface area contributed by atoms with E-state index in [0.29, 0.717) is 42.0 Å². The van der Waals surface area contributed by atoms with Gasteiger partial charge in [0.15, 0.2) is 0 Å². The third-order valence-corrected chi connectivity index (χ3v) is 18.5. The Morgan fingerprint density at radius 1 is 0.671 bits per heavy atom. The summed E-state index contributed by atoms with van der Waals surface area (Å²) in [5.74, 6) is 3.61. The number of rotatable bonds is 25. The van der Waals surface area contributed by atoms with Crippen LogP contribution in [0.2, 0.25) is 0 Å². The number of carbonyl (C=O) groups excluding carboxylic acids is 5. The van der Waals surface area contributed by atoms with Gasteiger partial charge in [-0.05, 0) is 152 Å². The molecular weight excluding hydrogens is 989 g/mol. The maximum Gasteiger partial charge on any atom is 0.514 e. The molecule has 0 heterocycles. The van der Waals surface area contributed by atoms with E-state index in [-0.39, 0.29) is 49.7 Å². The number of aryl methyl sites for hydroxylation is 1. The van der Waals surface area contributed by atoms with Crippen LogP contribution in [0.3, 0.4) is 0 Å². The van der Waals surface area contributed by atoms with Crippen molar-refractivity contribution in [3.8, 4) is 5.75 Å². The lowest BCUT2D eigenvalue weighted by Gasteiger charge is -2.58. The Labute approximate surface area is 470 Å². The number of benzene rings is 4. The molecule has 1 unspecified atom stereocenters. The lowest BCUT2D eigenvalue weighted by molar-refractivity contribution is -0.131. The summed E-state index contributed by atoms with van der Waals surface area (Å²) in [6, 6.07) is 30.5. The molecule has 79 heavy (non-hydrogen) atoms. The van der Waals surface area contributed by atoms with Crippen molar-refractivity contribution in [3.05, 3.63) is 143 Å². The lowest BCUT2D eigenvalue weighted by atomic mass is 9.47. The minimum Gasteiger partial charge on any atom is -0.429 e. The van der Waals surface area contributed by atoms with E-state index >= 15 is 0 Å². The Hall–Kier alpha value is -6.27. The zero-order valence-corrected chi connectivity index (χ0v) is 47.9. The number of fused-ring (bicyclic) bond motifs is 5. The average Bonchev–Trinajstić information content (AvgIpc) is 3.55. The molecule has 12 nitrogen and oxygen atoms in total. The van der Waals surface area contributed by atoms with E-state index in [1.54, 1.807) is 42.0 Å². The largest absolute Gasteiger partial charge is 0.514 e. The summed E-state index contributed by atoms with van der Waals surface area (Å²) in [7, 11) is 0. The first kappa shape index (κ1) is 58.9. The van der Waals surface area contributed by atoms with Crippen molar-refractivity contribution in [2.75, 3.05) is 18.5 Å². The second-order valence-corrected chi connectivity index (χ2v) is 24.4. The number of hydrogen-bond donors (Lipinski definition) is 4. The molecule has 0 bridgehead atoms. The van der Waals surface area contributed by atoms with E-state index in [0.717, 1.165) is 65.0 Å². The molecule has 3 saturated carbocycles. The summed E-state index contributed by atoms with van der Waals surface area (Å²) in [6.07, 6.45) is 17.1. The van der Waals surface area contributed by atoms with E-state index in [1.165, 1.54) is 57.8 Å². The van der Waals surface area contributed by atoms with Crippen molar-refractivity contribution in [2.24, 2.45) is 46.3 Å². The fraction of sp³-hybridized carbons (Fsp3) is 0.537. The first-order valence-corrected chi connectivity index (χ1v) is 29.6. The predicted octanol–water partition coefficient (Wildman–Crippen LogP) is 12.8. The number of anilines is 1. The third-order valence-electron chi connectivity index (χ3n) is 18.5. The predicted molar refractivity (Wildman–Crippen MR) is 311 cm³/mol. The molecule has 4 aromatic carbocycles. The van der Waals surface area contributed by atoms with Gasteiger partial charge in [-0.2, -0.15) is 0 Å². The summed E-state index contributed by atoms with van der Waals surface area (Å²) in [6.45, 7) is 15.4. The molecule has 0 aliphatic heterocycles. The molecule has 424 valence electrons. The smallest absolute Gasteiger partial charge is 0.429 e. The number of nitrogens with one attached hydrogen (secondary N) is 4. The molecule has 0 aromatic heterocycles. The summed E-state index contributed by atoms with van der Waals surface area (Å²) >= 11 is 0. The van der Waals surface area contributed by atoms with Crippen molar-refractivity contribution in [1.29, 1.82) is 0 Å². The van der Waals surface area contributed by atoms with Crippen LogP contribution in [0.5, 0.6) is 5.75 Å². The SMILES string of the molecule is Cc1ccc(OC(=O)OCc2ccc(NC(=O)[C@H](Cc3ccccc3)NC(=O)[C@H](Cc3ccccc3)NC(=O)CCC(=O)NCCCO[C@H]3CC[C@@]4(C)C(=CCC5[C@@H]6CC[C@H]([C@H](C)CCCC(C)C)[C@@]6(C)CC[C@@H]54)C3)cc2)cc1. The first-order chi connectivity index (χ1) is 38.1. The van der Waals surface area contributed by atoms with E-state index in [1.807, 2.05) is 79.7 Å². The monoisotopic (exact) mass is 1080 g/mol. The van der Waals surface area contributed by atoms with Crippen LogP contribution in [-0.2, 0) is 48.1 Å². The molecule has 4 aliphatic carbocycles. The van der Waals surface area contributed by atoms with Crippen LogP contribution in [0.25, 0.3) is 0 Å². The molecule has 0 saturated heterocycles. The highest BCUT2D eigenvalue weighted by Crippen LogP contribution is 2.67. The molecule has 8 rings (SSSR count). The van der Waals surface area contributed by atoms with Crippen LogP contribution in [0.15, 0.2) is 121 Å². The summed E-state index contributed by atoms with van der Waals surface area (Å²) < 4.78 is 17.0.